The molecule has 3 aliphatic rings. The highest BCUT2D eigenvalue weighted by Gasteiger charge is 2.48. The molecular formula is C28H25ClN9O3+. The van der Waals surface area contributed by atoms with Crippen molar-refractivity contribution >= 4 is 41.3 Å². The zero-order chi connectivity index (χ0) is 28.6. The predicted molar refractivity (Wildman–Crippen MR) is 152 cm³/mol. The minimum absolute atomic E-state index is 0.00287. The number of quaternary nitrogens is 1. The van der Waals surface area contributed by atoms with E-state index in [1.165, 1.54) is 19.4 Å². The first-order valence-electron chi connectivity index (χ1n) is 12.8. The van der Waals surface area contributed by atoms with Gasteiger partial charge in [0.15, 0.2) is 0 Å². The lowest BCUT2D eigenvalue weighted by Crippen LogP contribution is -2.53. The van der Waals surface area contributed by atoms with Crippen molar-refractivity contribution < 1.29 is 18.9 Å². The van der Waals surface area contributed by atoms with Crippen molar-refractivity contribution in [3.05, 3.63) is 101 Å². The molecule has 41 heavy (non-hydrogen) atoms. The molecule has 2 atom stereocenters. The van der Waals surface area contributed by atoms with Crippen LogP contribution in [0.5, 0.6) is 5.75 Å². The van der Waals surface area contributed by atoms with Crippen molar-refractivity contribution in [1.82, 2.24) is 19.9 Å². The van der Waals surface area contributed by atoms with Gasteiger partial charge in [-0.25, -0.2) is 15.0 Å². The summed E-state index contributed by atoms with van der Waals surface area (Å²) in [6, 6.07) is 11.6. The van der Waals surface area contributed by atoms with Gasteiger partial charge in [-0.2, -0.15) is 10.8 Å². The average molecular weight is 571 g/mol. The number of carbonyl (C=O) groups excluding carboxylic acids is 2. The van der Waals surface area contributed by atoms with Gasteiger partial charge in [0.2, 0.25) is 11.0 Å². The second-order valence-electron chi connectivity index (χ2n) is 9.51. The fourth-order valence-electron chi connectivity index (χ4n) is 5.18. The molecule has 0 saturated carbocycles. The number of pyridine rings is 1. The molecule has 0 bridgehead atoms. The number of allylic oxidation sites excluding steroid dienone is 1. The second-order valence-corrected chi connectivity index (χ2v) is 9.85. The number of anilines is 1. The molecule has 12 nitrogen and oxygen atoms in total. The number of carbonyl (C=O) groups is 2. The number of amidine groups is 1. The summed E-state index contributed by atoms with van der Waals surface area (Å²) in [7, 11) is 1.49. The van der Waals surface area contributed by atoms with E-state index in [1.807, 2.05) is 0 Å². The molecule has 13 heteroatoms. The van der Waals surface area contributed by atoms with Gasteiger partial charge in [-0.1, -0.05) is 6.07 Å². The maximum atomic E-state index is 13.4. The zero-order valence-corrected chi connectivity index (χ0v) is 22.7. The number of hydrogen-bond donors (Lipinski definition) is 2. The zero-order valence-electron chi connectivity index (χ0n) is 21.9. The second kappa shape index (κ2) is 10.7. The number of nitrogens with two attached hydrogens (primary N) is 1. The van der Waals surface area contributed by atoms with Gasteiger partial charge in [-0.05, 0) is 60.8 Å². The summed E-state index contributed by atoms with van der Waals surface area (Å²) in [4.78, 5) is 49.6. The Morgan fingerprint density at radius 2 is 2.05 bits per heavy atom. The molecule has 2 aromatic heterocycles. The van der Waals surface area contributed by atoms with Crippen molar-refractivity contribution in [2.75, 3.05) is 19.0 Å². The maximum absolute atomic E-state index is 13.4. The van der Waals surface area contributed by atoms with Gasteiger partial charge < -0.3 is 15.0 Å². The van der Waals surface area contributed by atoms with Crippen LogP contribution in [0, 0.1) is 0 Å². The lowest BCUT2D eigenvalue weighted by atomic mass is 10.1. The fourth-order valence-corrected chi connectivity index (χ4v) is 5.33. The van der Waals surface area contributed by atoms with Crippen LogP contribution < -0.4 is 15.9 Å². The van der Waals surface area contributed by atoms with Gasteiger partial charge in [-0.3, -0.25) is 14.6 Å². The largest absolute Gasteiger partial charge is 0.496 e. The van der Waals surface area contributed by atoms with E-state index in [4.69, 9.17) is 27.2 Å². The summed E-state index contributed by atoms with van der Waals surface area (Å²) >= 11 is 5.94. The molecule has 5 heterocycles. The number of halogens is 1. The van der Waals surface area contributed by atoms with E-state index in [1.54, 1.807) is 66.1 Å². The Labute approximate surface area is 240 Å². The lowest BCUT2D eigenvalue weighted by molar-refractivity contribution is -0.750. The van der Waals surface area contributed by atoms with Crippen LogP contribution in [0.2, 0.25) is 5.28 Å². The van der Waals surface area contributed by atoms with Gasteiger partial charge >= 0.3 is 0 Å². The van der Waals surface area contributed by atoms with Gasteiger partial charge in [0.1, 0.15) is 29.2 Å². The van der Waals surface area contributed by atoms with E-state index in [9.17, 15) is 9.59 Å². The quantitative estimate of drug-likeness (QED) is 0.262. The Bertz CT molecular complexity index is 1670. The normalized spacial score (nSPS) is 21.1. The van der Waals surface area contributed by atoms with Crippen molar-refractivity contribution in [2.45, 2.75) is 18.9 Å². The SMILES string of the molecule is COc1cc(C2=NC(C3CCCN3C(=O)c3ccnc(Cl)n3)=C3C=NC=C[N+]23N)ccc1C(=O)Nc1ccccn1. The summed E-state index contributed by atoms with van der Waals surface area (Å²) in [5.41, 5.74) is 2.45. The van der Waals surface area contributed by atoms with E-state index in [2.05, 4.69) is 25.3 Å². The number of fused-ring (bicyclic) bond motifs is 1. The molecule has 3 N–H and O–H groups in total. The number of nitrogens with one attached hydrogen (secondary N) is 1. The first-order chi connectivity index (χ1) is 19.9. The topological polar surface area (TPSA) is 148 Å². The minimum atomic E-state index is -0.369. The number of methoxy groups -OCH3 is 1. The molecule has 0 aliphatic carbocycles. The lowest BCUT2D eigenvalue weighted by Gasteiger charge is -2.28. The first kappa shape index (κ1) is 26.4. The molecule has 6 rings (SSSR count). The molecule has 206 valence electrons. The summed E-state index contributed by atoms with van der Waals surface area (Å²) in [5.74, 6) is 7.57. The third-order valence-corrected chi connectivity index (χ3v) is 7.29. The fraction of sp³-hybridized carbons (Fsp3) is 0.179. The molecule has 1 fully saturated rings. The number of hydrogen-bond acceptors (Lipinski definition) is 9. The average Bonchev–Trinajstić information content (AvgIpc) is 3.59. The Morgan fingerprint density at radius 3 is 2.83 bits per heavy atom. The third kappa shape index (κ3) is 4.78. The minimum Gasteiger partial charge on any atom is -0.496 e. The Balaban J connectivity index is 1.35. The van der Waals surface area contributed by atoms with Crippen LogP contribution in [-0.4, -0.2) is 68.0 Å². The van der Waals surface area contributed by atoms with E-state index in [0.717, 1.165) is 6.42 Å². The van der Waals surface area contributed by atoms with Gasteiger partial charge in [0, 0.05) is 18.9 Å². The van der Waals surface area contributed by atoms with Crippen LogP contribution in [0.25, 0.3) is 0 Å². The highest BCUT2D eigenvalue weighted by atomic mass is 35.5. The maximum Gasteiger partial charge on any atom is 0.273 e. The molecule has 2 amide bonds. The third-order valence-electron chi connectivity index (χ3n) is 7.11. The van der Waals surface area contributed by atoms with E-state index >= 15 is 0 Å². The van der Waals surface area contributed by atoms with Crippen molar-refractivity contribution in [3.63, 3.8) is 0 Å². The van der Waals surface area contributed by atoms with Crippen LogP contribution in [0.15, 0.2) is 88.6 Å². The van der Waals surface area contributed by atoms with Crippen molar-refractivity contribution in [3.8, 4) is 5.75 Å². The molecule has 0 radical (unpaired) electrons. The molecule has 3 aromatic rings. The van der Waals surface area contributed by atoms with Gasteiger partial charge in [-0.15, -0.1) is 4.59 Å². The number of ether oxygens (including phenoxy) is 1. The highest BCUT2D eigenvalue weighted by Crippen LogP contribution is 2.38. The summed E-state index contributed by atoms with van der Waals surface area (Å²) in [6.07, 6.45) is 9.51. The number of nitrogens with zero attached hydrogens (tertiary/aromatic N) is 7. The molecule has 1 saturated heterocycles. The van der Waals surface area contributed by atoms with E-state index in [0.29, 0.717) is 52.9 Å². The van der Waals surface area contributed by atoms with Crippen molar-refractivity contribution in [2.24, 2.45) is 15.8 Å². The monoisotopic (exact) mass is 570 g/mol. The molecular weight excluding hydrogens is 546 g/mol. The summed E-state index contributed by atoms with van der Waals surface area (Å²) in [6.45, 7) is 0.526. The van der Waals surface area contributed by atoms with Crippen LogP contribution in [0.1, 0.15) is 39.3 Å². The number of aromatic nitrogens is 3. The number of likely N-dealkylation sites (tertiary alicyclic amines) is 1. The molecule has 3 aliphatic heterocycles. The molecule has 0 spiro atoms. The first-order valence-corrected chi connectivity index (χ1v) is 13.2. The van der Waals surface area contributed by atoms with E-state index < -0.39 is 0 Å². The van der Waals surface area contributed by atoms with Crippen LogP contribution in [0.3, 0.4) is 0 Å². The van der Waals surface area contributed by atoms with Crippen LogP contribution in [0.4, 0.5) is 5.82 Å². The summed E-state index contributed by atoms with van der Waals surface area (Å²) < 4.78 is 5.34. The predicted octanol–water partition coefficient (Wildman–Crippen LogP) is 3.31. The number of rotatable bonds is 6. The number of aliphatic imine (C=N–C) groups is 2. The smallest absolute Gasteiger partial charge is 0.273 e. The van der Waals surface area contributed by atoms with Crippen molar-refractivity contribution in [1.29, 1.82) is 0 Å². The molecule has 1 aromatic carbocycles. The summed E-state index contributed by atoms with van der Waals surface area (Å²) in [5, 5.41) is 2.77. The number of amides is 2. The van der Waals surface area contributed by atoms with E-state index in [-0.39, 0.29) is 33.4 Å². The Hall–Kier alpha value is -4.78. The molecule has 2 unspecified atom stereocenters. The Kier molecular flexibility index (Phi) is 6.87. The number of benzene rings is 1. The standard InChI is InChI=1S/C28H24ClN9O3/c1-41-22-15-17(7-8-18(22)26(39)35-23-6-2-3-10-32-23)25-36-24(21-16-31-12-14-38(21,25)30)20-5-4-13-37(20)27(40)19-9-11-33-28(29)34-19/h2-3,6-12,14-16,20H,4-5,13,30H2,1H3/p+1. The highest BCUT2D eigenvalue weighted by molar-refractivity contribution is 6.28. The van der Waals surface area contributed by atoms with Gasteiger partial charge in [0.05, 0.1) is 36.7 Å². The van der Waals surface area contributed by atoms with Crippen LogP contribution >= 0.6 is 11.6 Å². The van der Waals surface area contributed by atoms with Gasteiger partial charge in [0.25, 0.3) is 17.6 Å². The Morgan fingerprint density at radius 1 is 1.17 bits per heavy atom. The van der Waals surface area contributed by atoms with Crippen LogP contribution in [-0.2, 0) is 0 Å².